The molecule has 2 heterocycles. The quantitative estimate of drug-likeness (QED) is 0.191. The monoisotopic (exact) mass is 542 g/mol. The molecular formula is C38H22S2. The topological polar surface area (TPSA) is 0 Å². The molecule has 0 N–H and O–H groups in total. The first kappa shape index (κ1) is 22.3. The normalized spacial score (nSPS) is 12.0. The van der Waals surface area contributed by atoms with E-state index in [0.717, 1.165) is 0 Å². The van der Waals surface area contributed by atoms with Crippen LogP contribution in [-0.2, 0) is 0 Å². The molecule has 186 valence electrons. The van der Waals surface area contributed by atoms with Gasteiger partial charge in [-0.05, 0) is 61.6 Å². The summed E-state index contributed by atoms with van der Waals surface area (Å²) < 4.78 is 4.09. The molecule has 0 amide bonds. The molecule has 7 aromatic carbocycles. The second kappa shape index (κ2) is 8.50. The molecule has 9 rings (SSSR count). The van der Waals surface area contributed by atoms with Gasteiger partial charge in [0.2, 0.25) is 0 Å². The number of thiophene rings is 2. The molecule has 0 fully saturated rings. The summed E-state index contributed by atoms with van der Waals surface area (Å²) in [6, 6.07) is 49.3. The van der Waals surface area contributed by atoms with Crippen LogP contribution >= 0.6 is 22.7 Å². The molecule has 0 unspecified atom stereocenters. The molecule has 9 aromatic rings. The average molecular weight is 543 g/mol. The van der Waals surface area contributed by atoms with E-state index in [0.29, 0.717) is 0 Å². The van der Waals surface area contributed by atoms with Gasteiger partial charge in [-0.1, -0.05) is 115 Å². The van der Waals surface area contributed by atoms with Crippen LogP contribution in [0.25, 0.3) is 84.1 Å². The van der Waals surface area contributed by atoms with Crippen molar-refractivity contribution in [3.8, 4) is 21.6 Å². The van der Waals surface area contributed by atoms with Crippen molar-refractivity contribution in [3.63, 3.8) is 0 Å². The molecular weight excluding hydrogens is 521 g/mol. The Balaban J connectivity index is 1.40. The molecule has 0 aliphatic rings. The van der Waals surface area contributed by atoms with Gasteiger partial charge in [0.25, 0.3) is 0 Å². The fourth-order valence-electron chi connectivity index (χ4n) is 6.55. The molecule has 0 aliphatic carbocycles. The summed E-state index contributed by atoms with van der Waals surface area (Å²) in [7, 11) is 0. The Morgan fingerprint density at radius 3 is 1.68 bits per heavy atom. The summed E-state index contributed by atoms with van der Waals surface area (Å²) in [6.45, 7) is 0. The van der Waals surface area contributed by atoms with E-state index in [1.807, 2.05) is 22.7 Å². The zero-order valence-corrected chi connectivity index (χ0v) is 23.2. The number of hydrogen-bond acceptors (Lipinski definition) is 2. The second-order valence-electron chi connectivity index (χ2n) is 10.4. The standard InChI is InChI=1S/C38H22S2/c1-2-12-24-23(10-1)11-9-18-26(24)36-27-14-3-5-16-29(27)37(30-17-6-4-15-28(30)36)35-22-32-34(39-35)21-20-31-25-13-7-8-19-33(25)40-38(31)32/h1-22H. The first-order chi connectivity index (χ1) is 19.8. The van der Waals surface area contributed by atoms with Gasteiger partial charge in [-0.2, -0.15) is 0 Å². The predicted octanol–water partition coefficient (Wildman–Crippen LogP) is 12.1. The lowest BCUT2D eigenvalue weighted by Crippen LogP contribution is -1.90. The van der Waals surface area contributed by atoms with Crippen LogP contribution in [0.5, 0.6) is 0 Å². The van der Waals surface area contributed by atoms with Crippen molar-refractivity contribution < 1.29 is 0 Å². The molecule has 0 saturated heterocycles. The molecule has 0 spiro atoms. The van der Waals surface area contributed by atoms with E-state index < -0.39 is 0 Å². The lowest BCUT2D eigenvalue weighted by atomic mass is 9.86. The van der Waals surface area contributed by atoms with Gasteiger partial charge in [-0.25, -0.2) is 0 Å². The minimum absolute atomic E-state index is 1.27. The summed E-state index contributed by atoms with van der Waals surface area (Å²) in [5.74, 6) is 0. The van der Waals surface area contributed by atoms with E-state index in [1.165, 1.54) is 84.1 Å². The fourth-order valence-corrected chi connectivity index (χ4v) is 8.98. The zero-order valence-electron chi connectivity index (χ0n) is 21.5. The molecule has 2 aromatic heterocycles. The van der Waals surface area contributed by atoms with Gasteiger partial charge >= 0.3 is 0 Å². The van der Waals surface area contributed by atoms with Crippen molar-refractivity contribution in [1.82, 2.24) is 0 Å². The van der Waals surface area contributed by atoms with E-state index in [-0.39, 0.29) is 0 Å². The van der Waals surface area contributed by atoms with E-state index in [2.05, 4.69) is 133 Å². The zero-order chi connectivity index (χ0) is 26.2. The number of hydrogen-bond donors (Lipinski definition) is 0. The first-order valence-electron chi connectivity index (χ1n) is 13.6. The molecule has 0 bridgehead atoms. The Morgan fingerprint density at radius 1 is 0.350 bits per heavy atom. The summed E-state index contributed by atoms with van der Waals surface area (Å²) in [4.78, 5) is 1.33. The summed E-state index contributed by atoms with van der Waals surface area (Å²) >= 11 is 3.83. The molecule has 2 heteroatoms. The van der Waals surface area contributed by atoms with Crippen LogP contribution in [0, 0.1) is 0 Å². The number of benzene rings is 7. The molecule has 40 heavy (non-hydrogen) atoms. The minimum atomic E-state index is 1.27. The minimum Gasteiger partial charge on any atom is -0.135 e. The molecule has 0 saturated carbocycles. The Labute approximate surface area is 239 Å². The Hall–Kier alpha value is -4.50. The number of rotatable bonds is 2. The highest BCUT2D eigenvalue weighted by molar-refractivity contribution is 7.28. The van der Waals surface area contributed by atoms with Crippen LogP contribution in [0.2, 0.25) is 0 Å². The van der Waals surface area contributed by atoms with Gasteiger partial charge in [0.1, 0.15) is 0 Å². The maximum Gasteiger partial charge on any atom is 0.0442 e. The van der Waals surface area contributed by atoms with E-state index in [1.54, 1.807) is 0 Å². The Bertz CT molecular complexity index is 2370. The summed E-state index contributed by atoms with van der Waals surface area (Å²) in [6.07, 6.45) is 0. The fraction of sp³-hybridized carbons (Fsp3) is 0. The van der Waals surface area contributed by atoms with Crippen LogP contribution in [0.3, 0.4) is 0 Å². The maximum atomic E-state index is 2.45. The second-order valence-corrected chi connectivity index (χ2v) is 12.6. The third-order valence-electron chi connectivity index (χ3n) is 8.28. The third-order valence-corrected chi connectivity index (χ3v) is 10.6. The van der Waals surface area contributed by atoms with Gasteiger partial charge < -0.3 is 0 Å². The van der Waals surface area contributed by atoms with Crippen LogP contribution in [0.15, 0.2) is 133 Å². The Morgan fingerprint density at radius 2 is 0.925 bits per heavy atom. The van der Waals surface area contributed by atoms with Crippen molar-refractivity contribution in [3.05, 3.63) is 133 Å². The SMILES string of the molecule is c1ccc2c(-c3c4ccccc4c(-c4cc5c(ccc6c7ccccc7sc56)s4)c4ccccc34)cccc2c1. The predicted molar refractivity (Wildman–Crippen MR) is 178 cm³/mol. The highest BCUT2D eigenvalue weighted by atomic mass is 32.1. The van der Waals surface area contributed by atoms with Crippen LogP contribution in [0.1, 0.15) is 0 Å². The van der Waals surface area contributed by atoms with Gasteiger partial charge in [0, 0.05) is 40.7 Å². The average Bonchev–Trinajstić information content (AvgIpc) is 3.61. The van der Waals surface area contributed by atoms with Gasteiger partial charge in [0.15, 0.2) is 0 Å². The summed E-state index contributed by atoms with van der Waals surface area (Å²) in [5.41, 5.74) is 3.95. The third kappa shape index (κ3) is 3.12. The van der Waals surface area contributed by atoms with Crippen LogP contribution in [0.4, 0.5) is 0 Å². The van der Waals surface area contributed by atoms with E-state index in [4.69, 9.17) is 0 Å². The van der Waals surface area contributed by atoms with Gasteiger partial charge in [0.05, 0.1) is 0 Å². The molecule has 0 atom stereocenters. The van der Waals surface area contributed by atoms with Crippen molar-refractivity contribution in [2.75, 3.05) is 0 Å². The highest BCUT2D eigenvalue weighted by Gasteiger charge is 2.20. The summed E-state index contributed by atoms with van der Waals surface area (Å²) in [5, 5.41) is 11.9. The maximum absolute atomic E-state index is 2.45. The Kier molecular flexibility index (Phi) is 4.74. The number of fused-ring (bicyclic) bond motifs is 8. The van der Waals surface area contributed by atoms with Crippen LogP contribution < -0.4 is 0 Å². The lowest BCUT2D eigenvalue weighted by molar-refractivity contribution is 1.70. The van der Waals surface area contributed by atoms with Crippen LogP contribution in [-0.4, -0.2) is 0 Å². The lowest BCUT2D eigenvalue weighted by Gasteiger charge is -2.18. The molecule has 0 aliphatic heterocycles. The van der Waals surface area contributed by atoms with E-state index >= 15 is 0 Å². The smallest absolute Gasteiger partial charge is 0.0442 e. The largest absolute Gasteiger partial charge is 0.135 e. The van der Waals surface area contributed by atoms with Crippen molar-refractivity contribution in [2.45, 2.75) is 0 Å². The van der Waals surface area contributed by atoms with Crippen molar-refractivity contribution in [1.29, 1.82) is 0 Å². The van der Waals surface area contributed by atoms with Crippen molar-refractivity contribution >= 4 is 85.2 Å². The molecule has 0 nitrogen and oxygen atoms in total. The van der Waals surface area contributed by atoms with Gasteiger partial charge in [-0.3, -0.25) is 0 Å². The molecule has 0 radical (unpaired) electrons. The van der Waals surface area contributed by atoms with Gasteiger partial charge in [-0.15, -0.1) is 22.7 Å². The van der Waals surface area contributed by atoms with E-state index in [9.17, 15) is 0 Å². The highest BCUT2D eigenvalue weighted by Crippen LogP contribution is 2.49. The first-order valence-corrected chi connectivity index (χ1v) is 15.2. The van der Waals surface area contributed by atoms with Crippen molar-refractivity contribution in [2.24, 2.45) is 0 Å².